The van der Waals surface area contributed by atoms with E-state index in [1.807, 2.05) is 142 Å². The number of aryl methyl sites for hydroxylation is 3. The van der Waals surface area contributed by atoms with E-state index in [0.29, 0.717) is 63.4 Å². The molecule has 1 aliphatic heterocycles. The molecule has 660 valence electrons. The minimum atomic E-state index is -4.79. The molecule has 0 unspecified atom stereocenters. The van der Waals surface area contributed by atoms with Crippen molar-refractivity contribution in [3.05, 3.63) is 300 Å². The molecular weight excluding hydrogens is 1730 g/mol. The molecule has 0 spiro atoms. The van der Waals surface area contributed by atoms with Crippen LogP contribution in [-0.4, -0.2) is 103 Å². The molecule has 128 heavy (non-hydrogen) atoms. The number of anilines is 4. The predicted octanol–water partition coefficient (Wildman–Crippen LogP) is 19.5. The lowest BCUT2D eigenvalue weighted by atomic mass is 9.87. The molecule has 9 heterocycles. The van der Waals surface area contributed by atoms with Gasteiger partial charge in [0, 0.05) is 70.8 Å². The van der Waals surface area contributed by atoms with Gasteiger partial charge in [0.2, 0.25) is 0 Å². The zero-order valence-electron chi connectivity index (χ0n) is 71.2. The smallest absolute Gasteiger partial charge is 0.435 e. The predicted molar refractivity (Wildman–Crippen MR) is 479 cm³/mol. The average molecular weight is 1820 g/mol. The first-order valence-electron chi connectivity index (χ1n) is 40.2. The number of para-hydroxylation sites is 2. The summed E-state index contributed by atoms with van der Waals surface area (Å²) in [6.45, 7) is 24.0. The highest BCUT2D eigenvalue weighted by Crippen LogP contribution is 2.42. The van der Waals surface area contributed by atoms with Crippen LogP contribution in [-0.2, 0) is 81.5 Å². The van der Waals surface area contributed by atoms with Gasteiger partial charge in [-0.05, 0) is 212 Å². The summed E-state index contributed by atoms with van der Waals surface area (Å²) in [6, 6.07) is 61.6. The number of nitrogens with one attached hydrogen (secondary N) is 4. The molecule has 4 N–H and O–H groups in total. The van der Waals surface area contributed by atoms with Gasteiger partial charge in [-0.1, -0.05) is 128 Å². The summed E-state index contributed by atoms with van der Waals surface area (Å²) < 4.78 is 206. The number of hydrogen-bond donors (Lipinski definition) is 4. The van der Waals surface area contributed by atoms with Crippen LogP contribution in [0.25, 0.3) is 66.5 Å². The summed E-state index contributed by atoms with van der Waals surface area (Å²) >= 11 is 0. The minimum Gasteiger partial charge on any atom is -0.487 e. The van der Waals surface area contributed by atoms with Crippen molar-refractivity contribution >= 4 is 107 Å². The van der Waals surface area contributed by atoms with Crippen LogP contribution in [0.5, 0.6) is 5.75 Å². The third-order valence-corrected chi connectivity index (χ3v) is 26.9. The number of rotatable bonds is 16. The van der Waals surface area contributed by atoms with Crippen LogP contribution in [0.15, 0.2) is 269 Å². The summed E-state index contributed by atoms with van der Waals surface area (Å²) in [5, 5.41) is 19.2. The number of aromatic nitrogens is 13. The molecule has 1 aliphatic carbocycles. The van der Waals surface area contributed by atoms with Crippen molar-refractivity contribution in [2.45, 2.75) is 156 Å². The van der Waals surface area contributed by atoms with Gasteiger partial charge >= 0.3 is 12.4 Å². The Morgan fingerprint density at radius 3 is 1.32 bits per heavy atom. The van der Waals surface area contributed by atoms with Crippen LogP contribution < -0.4 is 23.6 Å². The van der Waals surface area contributed by atoms with Gasteiger partial charge in [-0.2, -0.15) is 51.4 Å². The Hall–Kier alpha value is -13.5. The number of sulfonamides is 4. The van der Waals surface area contributed by atoms with Crippen LogP contribution in [0.4, 0.5) is 49.6 Å². The molecule has 0 saturated heterocycles. The van der Waals surface area contributed by atoms with Gasteiger partial charge in [0.05, 0.1) is 70.1 Å². The summed E-state index contributed by atoms with van der Waals surface area (Å²) in [5.41, 5.74) is 7.59. The molecule has 0 saturated carbocycles. The number of alkyl halides is 6. The van der Waals surface area contributed by atoms with Gasteiger partial charge in [0.25, 0.3) is 40.1 Å². The molecule has 0 fully saturated rings. The van der Waals surface area contributed by atoms with Crippen molar-refractivity contribution < 1.29 is 64.8 Å². The molecule has 8 aromatic heterocycles. The molecular formula is C92H87F6N17O9S4. The van der Waals surface area contributed by atoms with Crippen LogP contribution in [0.2, 0.25) is 0 Å². The Balaban J connectivity index is 0.000000131. The molecule has 36 heteroatoms. The maximum atomic E-state index is 13.5. The second-order valence-electron chi connectivity index (χ2n) is 34.1. The molecule has 0 radical (unpaired) electrons. The molecule has 18 rings (SSSR count). The molecule has 2 aliphatic rings. The molecule has 16 aromatic rings. The normalized spacial score (nSPS) is 13.9. The number of nitrogens with zero attached hydrogens (tertiary/aromatic N) is 13. The second kappa shape index (κ2) is 33.7. The largest absolute Gasteiger partial charge is 0.487 e. The van der Waals surface area contributed by atoms with E-state index < -0.39 is 69.7 Å². The topological polar surface area (TPSA) is 330 Å². The third kappa shape index (κ3) is 19.1. The third-order valence-electron chi connectivity index (χ3n) is 21.4. The van der Waals surface area contributed by atoms with Crippen molar-refractivity contribution in [2.24, 2.45) is 0 Å². The summed E-state index contributed by atoms with van der Waals surface area (Å²) in [7, 11) is -16.0. The van der Waals surface area contributed by atoms with Crippen molar-refractivity contribution in [3.63, 3.8) is 0 Å². The maximum Gasteiger partial charge on any atom is 0.435 e. The monoisotopic (exact) mass is 1820 g/mol. The van der Waals surface area contributed by atoms with Crippen molar-refractivity contribution in [1.82, 2.24) is 64.0 Å². The fourth-order valence-corrected chi connectivity index (χ4v) is 19.2. The number of fused-ring (bicyclic) bond motifs is 6. The van der Waals surface area contributed by atoms with Gasteiger partial charge in [-0.25, -0.2) is 57.7 Å². The van der Waals surface area contributed by atoms with Gasteiger partial charge in [0.15, 0.2) is 17.2 Å². The van der Waals surface area contributed by atoms with Gasteiger partial charge in [-0.3, -0.25) is 33.8 Å². The van der Waals surface area contributed by atoms with E-state index in [4.69, 9.17) is 4.74 Å². The van der Waals surface area contributed by atoms with E-state index in [1.165, 1.54) is 48.4 Å². The van der Waals surface area contributed by atoms with E-state index in [2.05, 4.69) is 78.1 Å². The van der Waals surface area contributed by atoms with Crippen LogP contribution in [0.3, 0.4) is 0 Å². The van der Waals surface area contributed by atoms with Crippen LogP contribution in [0.1, 0.15) is 126 Å². The van der Waals surface area contributed by atoms with Gasteiger partial charge in [-0.15, -0.1) is 0 Å². The van der Waals surface area contributed by atoms with E-state index in [-0.39, 0.29) is 58.8 Å². The Morgan fingerprint density at radius 2 is 0.797 bits per heavy atom. The highest BCUT2D eigenvalue weighted by molar-refractivity contribution is 7.93. The molecule has 8 aromatic carbocycles. The summed E-state index contributed by atoms with van der Waals surface area (Å²) in [5.74, 6) is 0.761. The highest BCUT2D eigenvalue weighted by atomic mass is 32.2. The maximum absolute atomic E-state index is 13.5. The number of hydrogen-bond acceptors (Lipinski definition) is 18. The first-order valence-corrected chi connectivity index (χ1v) is 46.1. The van der Waals surface area contributed by atoms with Crippen LogP contribution in [0, 0.1) is 13.8 Å². The SMILES string of the molecule is CC(C)(C)c1ccc(S(=O)(=O)Nc2cc(C(F)(F)F)nn2-c2cccc3cccnc23)cc1.CC(C)(C)c1ccc(S(=O)(=O)Nc2cc(C(F)(F)F)nn2-c2ncnc3ccccc23)cc1.Cc1cc(NS(=O)(=O)c2ccc3c(c2)CC(C)(C)O3)n(-c2cccc3ncccc23)n1.Cc1cc(NS(=O)(=O)c2ccc3c(c2)CCC3(C)C)n(-c2cccc3ncccc23)n1. The Morgan fingerprint density at radius 1 is 0.391 bits per heavy atom. The average Bonchev–Trinajstić information content (AvgIpc) is 1.61. The lowest BCUT2D eigenvalue weighted by Crippen LogP contribution is -2.24. The van der Waals surface area contributed by atoms with Gasteiger partial charge in [0.1, 0.15) is 40.9 Å². The Kier molecular flexibility index (Phi) is 23.5. The quantitative estimate of drug-likeness (QED) is 0.0653. The zero-order chi connectivity index (χ0) is 91.6. The van der Waals surface area contributed by atoms with E-state index in [0.717, 1.165) is 83.4 Å². The van der Waals surface area contributed by atoms with E-state index in [9.17, 15) is 60.0 Å². The molecule has 0 atom stereocenters. The summed E-state index contributed by atoms with van der Waals surface area (Å²) in [6.07, 6.45) is -0.836. The number of benzene rings is 8. The van der Waals surface area contributed by atoms with Crippen molar-refractivity contribution in [1.29, 1.82) is 0 Å². The second-order valence-corrected chi connectivity index (χ2v) is 40.8. The zero-order valence-corrected chi connectivity index (χ0v) is 74.4. The van der Waals surface area contributed by atoms with E-state index in [1.54, 1.807) is 131 Å². The number of pyridine rings is 3. The van der Waals surface area contributed by atoms with Crippen molar-refractivity contribution in [2.75, 3.05) is 18.9 Å². The first kappa shape index (κ1) is 89.4. The lowest BCUT2D eigenvalue weighted by Gasteiger charge is -2.19. The molecule has 26 nitrogen and oxygen atoms in total. The molecule has 0 bridgehead atoms. The first-order chi connectivity index (χ1) is 60.2. The van der Waals surface area contributed by atoms with Gasteiger partial charge < -0.3 is 4.74 Å². The highest BCUT2D eigenvalue weighted by Gasteiger charge is 2.39. The number of halogens is 6. The minimum absolute atomic E-state index is 0.0110. The Bertz CT molecular complexity index is 7210. The number of ether oxygens (including phenoxy) is 1. The molecule has 0 amide bonds. The van der Waals surface area contributed by atoms with Crippen molar-refractivity contribution in [3.8, 4) is 28.6 Å². The fraction of sp³-hybridized carbons (Fsp3) is 0.228. The lowest BCUT2D eigenvalue weighted by molar-refractivity contribution is -0.142. The van der Waals surface area contributed by atoms with E-state index >= 15 is 0 Å². The fourth-order valence-electron chi connectivity index (χ4n) is 15.0. The summed E-state index contributed by atoms with van der Waals surface area (Å²) in [4.78, 5) is 21.5. The van der Waals surface area contributed by atoms with Crippen LogP contribution >= 0.6 is 0 Å². The Labute approximate surface area is 734 Å². The standard InChI is InChI=1S/C24H24N4O2S.C23H21F3N4O2S.C23H22N4O3S.C22H20F3N5O2S/c1-16-14-23(28(26-16)22-8-4-7-21-19(22)6-5-13-25-21)27-31(29,30)18-9-10-20-17(15-18)11-12-24(20,2)3;1-22(2,3)16-9-11-17(12-10-16)33(31,32)29-20-14-19(23(24,25)26)28-30(20)18-8-4-6-15-7-5-13-27-21(15)18;1-15-12-22(27(25-15)20-8-4-7-19-18(20)6-5-11-24-19)26-31(28,29)17-9-10-21-16(13-17)14-23(2,3)30-21;1-21(2,3)14-8-10-15(11-9-14)33(31,32)29-19-12-18(22(23,24)25)28-30(19)20-16-6-4-5-7-17(16)26-13-27-20/h4-10,13-15,27H,11-12H2,1-3H3;4-14,29H,1-3H3;4-13,26H,14H2,1-3H3;4-13,29H,1-3H3.